The number of carbonyl (C=O) groups is 2. The zero-order chi connectivity index (χ0) is 18.0. The first kappa shape index (κ1) is 20.1. The van der Waals surface area contributed by atoms with Gasteiger partial charge in [0.1, 0.15) is 0 Å². The largest absolute Gasteiger partial charge is 0.356 e. The van der Waals surface area contributed by atoms with Gasteiger partial charge in [-0.2, -0.15) is 0 Å². The summed E-state index contributed by atoms with van der Waals surface area (Å²) in [6.45, 7) is 2.84. The van der Waals surface area contributed by atoms with Crippen molar-refractivity contribution in [2.45, 2.75) is 31.1 Å². The summed E-state index contributed by atoms with van der Waals surface area (Å²) in [7, 11) is -3.66. The summed E-state index contributed by atoms with van der Waals surface area (Å²) in [5, 5.41) is 5.27. The Hall–Kier alpha value is -1.97. The molecule has 9 heteroatoms. The molecule has 0 saturated heterocycles. The zero-order valence-electron chi connectivity index (χ0n) is 13.7. The Labute approximate surface area is 142 Å². The maximum Gasteiger partial charge on any atom is 0.240 e. The van der Waals surface area contributed by atoms with E-state index in [1.807, 2.05) is 6.92 Å². The van der Waals surface area contributed by atoms with Crippen LogP contribution in [0.2, 0.25) is 0 Å². The van der Waals surface area contributed by atoms with E-state index < -0.39 is 10.0 Å². The van der Waals surface area contributed by atoms with E-state index in [0.717, 1.165) is 6.42 Å². The molecule has 0 spiro atoms. The first-order valence-corrected chi connectivity index (χ1v) is 9.23. The van der Waals surface area contributed by atoms with Crippen molar-refractivity contribution in [3.05, 3.63) is 24.3 Å². The molecule has 8 nitrogen and oxygen atoms in total. The number of nitrogens with one attached hydrogen (secondary N) is 3. The molecular weight excluding hydrogens is 332 g/mol. The lowest BCUT2D eigenvalue weighted by Crippen LogP contribution is -2.29. The Morgan fingerprint density at radius 3 is 2.50 bits per heavy atom. The topological polar surface area (TPSA) is 130 Å². The van der Waals surface area contributed by atoms with Gasteiger partial charge < -0.3 is 16.4 Å². The average molecular weight is 356 g/mol. The van der Waals surface area contributed by atoms with Crippen LogP contribution in [-0.2, 0) is 19.6 Å². The van der Waals surface area contributed by atoms with E-state index >= 15 is 0 Å². The second kappa shape index (κ2) is 10.0. The van der Waals surface area contributed by atoms with Crippen molar-refractivity contribution in [3.63, 3.8) is 0 Å². The summed E-state index contributed by atoms with van der Waals surface area (Å²) in [4.78, 5) is 23.3. The normalized spacial score (nSPS) is 11.1. The van der Waals surface area contributed by atoms with Crippen LogP contribution in [0.15, 0.2) is 29.2 Å². The fourth-order valence-corrected chi connectivity index (χ4v) is 2.91. The van der Waals surface area contributed by atoms with E-state index in [1.165, 1.54) is 18.2 Å². The van der Waals surface area contributed by atoms with Crippen LogP contribution in [-0.4, -0.2) is 39.9 Å². The molecule has 1 rings (SSSR count). The van der Waals surface area contributed by atoms with Crippen molar-refractivity contribution < 1.29 is 18.0 Å². The number of rotatable bonds is 10. The number of hydrogen-bond donors (Lipinski definition) is 4. The molecule has 0 heterocycles. The minimum atomic E-state index is -3.66. The molecule has 0 fully saturated rings. The number of hydrogen-bond acceptors (Lipinski definition) is 5. The van der Waals surface area contributed by atoms with Crippen LogP contribution < -0.4 is 21.1 Å². The van der Waals surface area contributed by atoms with Gasteiger partial charge in [-0.05, 0) is 24.6 Å². The summed E-state index contributed by atoms with van der Waals surface area (Å²) < 4.78 is 26.4. The molecular formula is C15H24N4O4S. The van der Waals surface area contributed by atoms with Crippen LogP contribution in [0.3, 0.4) is 0 Å². The van der Waals surface area contributed by atoms with Crippen LogP contribution in [0, 0.1) is 0 Å². The predicted molar refractivity (Wildman–Crippen MR) is 91.8 cm³/mol. The van der Waals surface area contributed by atoms with Gasteiger partial charge >= 0.3 is 0 Å². The van der Waals surface area contributed by atoms with Crippen LogP contribution in [0.4, 0.5) is 5.69 Å². The smallest absolute Gasteiger partial charge is 0.240 e. The molecule has 0 aliphatic heterocycles. The maximum absolute atomic E-state index is 12.0. The van der Waals surface area contributed by atoms with Crippen molar-refractivity contribution in [2.75, 3.05) is 25.0 Å². The van der Waals surface area contributed by atoms with Gasteiger partial charge in [0, 0.05) is 38.2 Å². The maximum atomic E-state index is 12.0. The van der Waals surface area contributed by atoms with Gasteiger partial charge in [0.05, 0.1) is 4.90 Å². The fraction of sp³-hybridized carbons (Fsp3) is 0.467. The van der Waals surface area contributed by atoms with Crippen molar-refractivity contribution in [2.24, 2.45) is 5.73 Å². The summed E-state index contributed by atoms with van der Waals surface area (Å²) in [5.41, 5.74) is 5.63. The van der Waals surface area contributed by atoms with E-state index in [-0.39, 0.29) is 42.6 Å². The molecule has 0 bridgehead atoms. The molecule has 24 heavy (non-hydrogen) atoms. The average Bonchev–Trinajstić information content (AvgIpc) is 2.56. The first-order valence-electron chi connectivity index (χ1n) is 7.75. The monoisotopic (exact) mass is 356 g/mol. The SMILES string of the molecule is CCCNC(=O)CCC(=O)Nc1cccc(S(=O)(=O)NCCN)c1. The molecule has 0 aliphatic rings. The highest BCUT2D eigenvalue weighted by atomic mass is 32.2. The van der Waals surface area contributed by atoms with Gasteiger partial charge in [-0.25, -0.2) is 13.1 Å². The number of nitrogens with two attached hydrogens (primary N) is 1. The molecule has 0 atom stereocenters. The number of carbonyl (C=O) groups excluding carboxylic acids is 2. The van der Waals surface area contributed by atoms with Crippen LogP contribution in [0.25, 0.3) is 0 Å². The molecule has 0 saturated carbocycles. The fourth-order valence-electron chi connectivity index (χ4n) is 1.82. The lowest BCUT2D eigenvalue weighted by molar-refractivity contribution is -0.124. The van der Waals surface area contributed by atoms with Gasteiger partial charge in [-0.15, -0.1) is 0 Å². The van der Waals surface area contributed by atoms with Crippen molar-refractivity contribution in [1.82, 2.24) is 10.0 Å². The van der Waals surface area contributed by atoms with E-state index in [2.05, 4.69) is 15.4 Å². The second-order valence-corrected chi connectivity index (χ2v) is 6.88. The molecule has 1 aromatic rings. The molecule has 0 aliphatic carbocycles. The van der Waals surface area contributed by atoms with E-state index in [0.29, 0.717) is 12.2 Å². The van der Waals surface area contributed by atoms with Gasteiger partial charge in [0.2, 0.25) is 21.8 Å². The quantitative estimate of drug-likeness (QED) is 0.475. The summed E-state index contributed by atoms with van der Waals surface area (Å²) >= 11 is 0. The lowest BCUT2D eigenvalue weighted by Gasteiger charge is -2.09. The van der Waals surface area contributed by atoms with Crippen LogP contribution in [0.5, 0.6) is 0 Å². The standard InChI is InChI=1S/C15H24N4O4S/c1-2-9-17-14(20)6-7-15(21)19-12-4-3-5-13(11-12)24(22,23)18-10-8-16/h3-5,11,18H,2,6-10,16H2,1H3,(H,17,20)(H,19,21). The highest BCUT2D eigenvalue weighted by Crippen LogP contribution is 2.15. The Balaban J connectivity index is 2.61. The van der Waals surface area contributed by atoms with Crippen LogP contribution >= 0.6 is 0 Å². The third-order valence-corrected chi connectivity index (χ3v) is 4.47. The molecule has 5 N–H and O–H groups in total. The lowest BCUT2D eigenvalue weighted by atomic mass is 10.2. The van der Waals surface area contributed by atoms with Crippen molar-refractivity contribution in [1.29, 1.82) is 0 Å². The van der Waals surface area contributed by atoms with Gasteiger partial charge in [0.25, 0.3) is 0 Å². The molecule has 0 aromatic heterocycles. The predicted octanol–water partition coefficient (Wildman–Crippen LogP) is 0.169. The van der Waals surface area contributed by atoms with E-state index in [4.69, 9.17) is 5.73 Å². The Morgan fingerprint density at radius 1 is 1.12 bits per heavy atom. The molecule has 0 unspecified atom stereocenters. The van der Waals surface area contributed by atoms with Gasteiger partial charge in [0.15, 0.2) is 0 Å². The summed E-state index contributed by atoms with van der Waals surface area (Å²) in [6.07, 6.45) is 0.942. The number of amides is 2. The third kappa shape index (κ3) is 7.07. The second-order valence-electron chi connectivity index (χ2n) is 5.11. The summed E-state index contributed by atoms with van der Waals surface area (Å²) in [5.74, 6) is -0.541. The van der Waals surface area contributed by atoms with Gasteiger partial charge in [-0.3, -0.25) is 9.59 Å². The molecule has 1 aromatic carbocycles. The van der Waals surface area contributed by atoms with Crippen molar-refractivity contribution >= 4 is 27.5 Å². The Bertz CT molecular complexity index is 661. The number of benzene rings is 1. The highest BCUT2D eigenvalue weighted by Gasteiger charge is 2.14. The van der Waals surface area contributed by atoms with E-state index in [1.54, 1.807) is 6.07 Å². The van der Waals surface area contributed by atoms with Crippen LogP contribution in [0.1, 0.15) is 26.2 Å². The molecule has 2 amide bonds. The third-order valence-electron chi connectivity index (χ3n) is 3.02. The summed E-state index contributed by atoms with van der Waals surface area (Å²) in [6, 6.07) is 5.89. The van der Waals surface area contributed by atoms with E-state index in [9.17, 15) is 18.0 Å². The minimum absolute atomic E-state index is 0.0257. The highest BCUT2D eigenvalue weighted by molar-refractivity contribution is 7.89. The minimum Gasteiger partial charge on any atom is -0.356 e. The Morgan fingerprint density at radius 2 is 1.83 bits per heavy atom. The number of sulfonamides is 1. The molecule has 0 radical (unpaired) electrons. The first-order chi connectivity index (χ1) is 11.4. The van der Waals surface area contributed by atoms with Crippen molar-refractivity contribution in [3.8, 4) is 0 Å². The molecule has 134 valence electrons. The zero-order valence-corrected chi connectivity index (χ0v) is 14.5. The Kier molecular flexibility index (Phi) is 8.37. The number of anilines is 1. The van der Waals surface area contributed by atoms with Gasteiger partial charge in [-0.1, -0.05) is 13.0 Å².